The molecule has 1 saturated heterocycles. The summed E-state index contributed by atoms with van der Waals surface area (Å²) in [5.74, 6) is -1.52. The third-order valence-electron chi connectivity index (χ3n) is 13.4. The number of hydrogen-bond donors (Lipinski definition) is 5. The molecule has 29 heteroatoms. The van der Waals surface area contributed by atoms with Gasteiger partial charge in [-0.25, -0.2) is 19.3 Å². The van der Waals surface area contributed by atoms with E-state index in [0.717, 1.165) is 80.4 Å². The summed E-state index contributed by atoms with van der Waals surface area (Å²) in [4.78, 5) is 110. The maximum absolute atomic E-state index is 12.7. The number of phosphoric ester groups is 3. The molecule has 0 bridgehead atoms. The van der Waals surface area contributed by atoms with Crippen LogP contribution in [0.5, 0.6) is 0 Å². The Hall–Kier alpha value is -3.81. The lowest BCUT2D eigenvalue weighted by atomic mass is 9.87. The minimum Gasteiger partial charge on any atom is -0.790 e. The number of anilines is 1. The van der Waals surface area contributed by atoms with Crippen molar-refractivity contribution in [1.29, 1.82) is 0 Å². The average Bonchev–Trinajstić information content (AvgIpc) is 2.09. The summed E-state index contributed by atoms with van der Waals surface area (Å²) in [6.07, 6.45) is 35.1. The molecule has 3 heterocycles. The number of unbranched alkanes of at least 4 members (excludes halogenated alkanes) is 16. The number of nitrogens with zero attached hydrogens (tertiary/aromatic N) is 4. The van der Waals surface area contributed by atoms with Gasteiger partial charge in [-0.15, -0.1) is 0 Å². The second-order valence-electron chi connectivity index (χ2n) is 21.1. The Balaban J connectivity index is 1.16. The summed E-state index contributed by atoms with van der Waals surface area (Å²) in [7, 11) is -17.7. The maximum atomic E-state index is 12.7. The van der Waals surface area contributed by atoms with Crippen molar-refractivity contribution in [2.24, 2.45) is 5.41 Å². The molecule has 0 aliphatic carbocycles. The number of thioether (sulfide) groups is 1. The zero-order chi connectivity index (χ0) is 61.9. The first kappa shape index (κ1) is 74.4. The first-order valence-electron chi connectivity index (χ1n) is 29.0. The van der Waals surface area contributed by atoms with Gasteiger partial charge >= 0.3 is 0 Å². The standard InChI is InChI=1S/C55H92N7O18P3S/c1-4-5-6-7-8-9-10-11-12-13-14-15-16-17-18-19-20-21-22-23-24-25-26-27-28-29-30-31-32-33-43(63)38-46(65)84-37-36-57-45(64)34-35-58-53(68)50(67)55(2,3)40-77-83(74,75)80-82(72,73)76-39-44-49(79-81(69,70)71)48(66)54(78-44)62-42-61-47-51(56)59-41-60-52(47)62/h8-9,11-12,14-15,17-18,41-42,44,48-50,54,66-67H,4-7,10,13,16,19-40H2,1-3H3,(H,57,64)(H,58,68)(H,72,73)(H,74,75)(H2,56,59,60)(H2,69,70,71)/p-4/b9-8-,12-11-,15-14-,18-17-/t44-,48-,49-,50+,54-/m1/s1. The topological polar surface area (TPSA) is 392 Å². The van der Waals surface area contributed by atoms with Gasteiger partial charge in [-0.05, 0) is 51.4 Å². The van der Waals surface area contributed by atoms with Crippen molar-refractivity contribution in [3.8, 4) is 0 Å². The minimum atomic E-state index is -5.94. The molecule has 2 amide bonds. The number of aliphatic hydroxyl groups is 2. The van der Waals surface area contributed by atoms with Crippen molar-refractivity contribution < 1.29 is 85.3 Å². The van der Waals surface area contributed by atoms with Crippen molar-refractivity contribution in [3.05, 3.63) is 61.3 Å². The molecule has 0 aromatic carbocycles. The number of aliphatic hydroxyl groups excluding tert-OH is 2. The Morgan fingerprint density at radius 1 is 0.762 bits per heavy atom. The highest BCUT2D eigenvalue weighted by Gasteiger charge is 2.47. The molecule has 2 aromatic heterocycles. The molecule has 0 spiro atoms. The molecule has 1 aliphatic heterocycles. The molecule has 1 fully saturated rings. The number of carbonyl (C=O) groups is 4. The number of nitrogens with one attached hydrogen (secondary N) is 2. The van der Waals surface area contributed by atoms with E-state index < -0.39 is 84.6 Å². The van der Waals surface area contributed by atoms with Crippen molar-refractivity contribution in [2.75, 3.05) is 37.8 Å². The summed E-state index contributed by atoms with van der Waals surface area (Å²) >= 11 is 0.930. The van der Waals surface area contributed by atoms with E-state index in [1.807, 2.05) is 0 Å². The van der Waals surface area contributed by atoms with Crippen LogP contribution < -0.4 is 35.9 Å². The third kappa shape index (κ3) is 31.7. The van der Waals surface area contributed by atoms with Gasteiger partial charge < -0.3 is 69.0 Å². The first-order chi connectivity index (χ1) is 39.9. The van der Waals surface area contributed by atoms with Crippen molar-refractivity contribution in [1.82, 2.24) is 30.2 Å². The zero-order valence-corrected chi connectivity index (χ0v) is 52.2. The van der Waals surface area contributed by atoms with Gasteiger partial charge in [0.05, 0.1) is 33.8 Å². The molecule has 1 aliphatic rings. The summed E-state index contributed by atoms with van der Waals surface area (Å²) in [6.45, 7) is 2.17. The van der Waals surface area contributed by atoms with Gasteiger partial charge in [0.15, 0.2) is 22.8 Å². The summed E-state index contributed by atoms with van der Waals surface area (Å²) in [5.41, 5.74) is 4.06. The van der Waals surface area contributed by atoms with Crippen LogP contribution in [0.1, 0.15) is 181 Å². The van der Waals surface area contributed by atoms with Crippen molar-refractivity contribution in [3.63, 3.8) is 0 Å². The largest absolute Gasteiger partial charge is 0.790 e. The summed E-state index contributed by atoms with van der Waals surface area (Å²) in [6, 6.07) is 0. The van der Waals surface area contributed by atoms with E-state index in [9.17, 15) is 62.7 Å². The lowest BCUT2D eigenvalue weighted by Gasteiger charge is -2.36. The number of carbonyl (C=O) groups excluding carboxylic acids is 4. The Labute approximate surface area is 498 Å². The number of phosphoric acid groups is 3. The van der Waals surface area contributed by atoms with E-state index in [4.69, 9.17) is 10.5 Å². The lowest BCUT2D eigenvalue weighted by Crippen LogP contribution is -2.46. The van der Waals surface area contributed by atoms with Crippen LogP contribution in [0.2, 0.25) is 0 Å². The Morgan fingerprint density at radius 3 is 1.89 bits per heavy atom. The van der Waals surface area contributed by atoms with Crippen LogP contribution in [-0.4, -0.2) is 109 Å². The fourth-order valence-electron chi connectivity index (χ4n) is 8.66. The number of hydrogen-bond acceptors (Lipinski definition) is 23. The number of amides is 2. The Bertz CT molecular complexity index is 2560. The smallest absolute Gasteiger partial charge is 0.274 e. The van der Waals surface area contributed by atoms with E-state index >= 15 is 0 Å². The van der Waals surface area contributed by atoms with Gasteiger partial charge in [-0.2, -0.15) is 0 Å². The van der Waals surface area contributed by atoms with Crippen LogP contribution in [0.25, 0.3) is 11.2 Å². The molecule has 2 aromatic rings. The molecule has 3 rings (SSSR count). The number of ketones is 1. The first-order valence-corrected chi connectivity index (χ1v) is 34.4. The highest BCUT2D eigenvalue weighted by atomic mass is 32.2. The summed E-state index contributed by atoms with van der Waals surface area (Å²) in [5, 5.41) is 26.1. The number of Topliss-reactive ketones (excluding diaryl/α,β-unsaturated/α-hetero) is 1. The Morgan fingerprint density at radius 2 is 1.31 bits per heavy atom. The highest BCUT2D eigenvalue weighted by molar-refractivity contribution is 8.13. The van der Waals surface area contributed by atoms with Gasteiger partial charge in [-0.3, -0.25) is 32.9 Å². The van der Waals surface area contributed by atoms with Crippen molar-refractivity contribution in [2.45, 2.75) is 206 Å². The highest BCUT2D eigenvalue weighted by Crippen LogP contribution is 2.56. The molecular weight excluding hydrogens is 1170 g/mol. The van der Waals surface area contributed by atoms with Crippen LogP contribution >= 0.6 is 35.2 Å². The zero-order valence-electron chi connectivity index (χ0n) is 48.7. The SMILES string of the molecule is CCCCC/C=C\C/C=C\C/C=C\C/C=C\CCCCCCCCCCCCCCCC(=O)CC(=O)SCCNC(=O)CCNC(=O)[C@H](O)C(C)(C)COP(=O)([O-])OP(=O)([O-])OC[C@H]1O[C@@H](n2cnc3c(N)ncnc32)[C@H](O)[C@@H]1OP(=O)([O-])[O-]. The molecule has 2 unspecified atom stereocenters. The number of aromatic nitrogens is 4. The number of rotatable bonds is 47. The van der Waals surface area contributed by atoms with Gasteiger partial charge in [0.25, 0.3) is 15.6 Å². The monoisotopic (exact) mass is 1260 g/mol. The van der Waals surface area contributed by atoms with E-state index in [1.165, 1.54) is 97.3 Å². The van der Waals surface area contributed by atoms with Crippen LogP contribution in [0.4, 0.5) is 5.82 Å². The van der Waals surface area contributed by atoms with Crippen molar-refractivity contribution >= 4 is 74.9 Å². The van der Waals surface area contributed by atoms with Gasteiger partial charge in [0.1, 0.15) is 42.0 Å². The van der Waals surface area contributed by atoms with Crippen LogP contribution in [0.15, 0.2) is 61.3 Å². The van der Waals surface area contributed by atoms with Gasteiger partial charge in [-0.1, -0.05) is 165 Å². The third-order valence-corrected chi connectivity index (χ3v) is 17.3. The molecule has 25 nitrogen and oxygen atoms in total. The fraction of sp³-hybridized carbons (Fsp3) is 0.691. The predicted molar refractivity (Wildman–Crippen MR) is 312 cm³/mol. The fourth-order valence-corrected chi connectivity index (χ4v) is 12.1. The number of fused-ring (bicyclic) bond motifs is 1. The number of nitrogen functional groups attached to an aromatic ring is 1. The van der Waals surface area contributed by atoms with E-state index in [1.54, 1.807) is 0 Å². The quantitative estimate of drug-likeness (QED) is 0.0194. The van der Waals surface area contributed by atoms with Gasteiger partial charge in [0, 0.05) is 37.1 Å². The summed E-state index contributed by atoms with van der Waals surface area (Å²) < 4.78 is 61.0. The van der Waals surface area contributed by atoms with E-state index in [2.05, 4.69) is 99.0 Å². The predicted octanol–water partition coefficient (Wildman–Crippen LogP) is 6.92. The second-order valence-corrected chi connectivity index (χ2v) is 26.4. The molecule has 84 heavy (non-hydrogen) atoms. The number of nitrogens with two attached hydrogens (primary N) is 1. The molecular formula is C55H88N7O18P3S-4. The van der Waals surface area contributed by atoms with E-state index in [-0.39, 0.29) is 59.6 Å². The number of ether oxygens (including phenoxy) is 1. The Kier molecular flexibility index (Phi) is 36.0. The normalized spacial score (nSPS) is 18.8. The van der Waals surface area contributed by atoms with E-state index in [0.29, 0.717) is 6.42 Å². The lowest BCUT2D eigenvalue weighted by molar-refractivity contribution is -0.347. The minimum absolute atomic E-state index is 0.0260. The number of allylic oxidation sites excluding steroid dienone is 8. The van der Waals surface area contributed by atoms with Crippen LogP contribution in [0.3, 0.4) is 0 Å². The molecule has 476 valence electrons. The van der Waals surface area contributed by atoms with Crippen LogP contribution in [-0.2, 0) is 55.5 Å². The average molecular weight is 1260 g/mol. The van der Waals surface area contributed by atoms with Gasteiger partial charge in [0.2, 0.25) is 11.8 Å². The second kappa shape index (κ2) is 40.6. The molecule has 0 saturated carbocycles. The number of imidazole rings is 1. The molecule has 6 N–H and O–H groups in total. The molecule has 0 radical (unpaired) electrons. The van der Waals surface area contributed by atoms with Crippen LogP contribution in [0, 0.1) is 5.41 Å². The molecule has 7 atom stereocenters. The maximum Gasteiger partial charge on any atom is 0.274 e.